The van der Waals surface area contributed by atoms with Crippen LogP contribution in [-0.2, 0) is 28.6 Å². The minimum absolute atomic E-state index is 0.345. The molecule has 0 radical (unpaired) electrons. The van der Waals surface area contributed by atoms with E-state index in [9.17, 15) is 45.0 Å². The predicted octanol–water partition coefficient (Wildman–Crippen LogP) is 12.0. The topological polar surface area (TPSA) is 301 Å². The van der Waals surface area contributed by atoms with Gasteiger partial charge in [-0.2, -0.15) is 0 Å². The Balaban J connectivity index is 0. The maximum Gasteiger partial charge on any atom is 0.303 e. The largest absolute Gasteiger partial charge is 0.481 e. The van der Waals surface area contributed by atoms with E-state index in [0.717, 1.165) is 38.5 Å². The van der Waals surface area contributed by atoms with Gasteiger partial charge in [-0.05, 0) is 19.3 Å². The van der Waals surface area contributed by atoms with E-state index >= 15 is 0 Å². The van der Waals surface area contributed by atoms with E-state index < -0.39 is 92.5 Å². The fraction of sp³-hybridized carbons (Fsp3) is 0.952. The molecule has 79 heavy (non-hydrogen) atoms. The third-order valence-corrected chi connectivity index (χ3v) is 15.1. The number of carboxylic acids is 3. The lowest BCUT2D eigenvalue weighted by molar-refractivity contribution is -0.383. The van der Waals surface area contributed by atoms with Gasteiger partial charge < -0.3 is 70.4 Å². The lowest BCUT2D eigenvalue weighted by Crippen LogP contribution is -2.62. The highest BCUT2D eigenvalue weighted by Gasteiger charge is 2.58. The van der Waals surface area contributed by atoms with Crippen molar-refractivity contribution in [1.82, 2.24) is 0 Å². The van der Waals surface area contributed by atoms with Gasteiger partial charge in [0.2, 0.25) is 5.79 Å². The molecular weight excluding hydrogens is 1020 g/mol. The quantitative estimate of drug-likeness (QED) is 0.0252. The van der Waals surface area contributed by atoms with Crippen molar-refractivity contribution in [1.29, 1.82) is 0 Å². The second-order valence-electron chi connectivity index (χ2n) is 22.4. The first-order valence-corrected chi connectivity index (χ1v) is 32.0. The van der Waals surface area contributed by atoms with Gasteiger partial charge in [0.15, 0.2) is 6.29 Å². The van der Waals surface area contributed by atoms with Gasteiger partial charge in [0.25, 0.3) is 0 Å². The van der Waals surface area contributed by atoms with E-state index in [1.165, 1.54) is 225 Å². The van der Waals surface area contributed by atoms with Crippen molar-refractivity contribution in [3.8, 4) is 0 Å². The second kappa shape index (κ2) is 56.5. The first-order chi connectivity index (χ1) is 38.1. The lowest BCUT2D eigenvalue weighted by Gasteiger charge is -2.43. The number of aliphatic hydroxyl groups is 8. The van der Waals surface area contributed by atoms with E-state index in [-0.39, 0.29) is 0 Å². The van der Waals surface area contributed by atoms with E-state index in [2.05, 4.69) is 20.8 Å². The molecule has 9 atom stereocenters. The molecular formula is C62H122O17. The fourth-order valence-corrected chi connectivity index (χ4v) is 9.87. The summed E-state index contributed by atoms with van der Waals surface area (Å²) in [6.07, 6.45) is 42.1. The van der Waals surface area contributed by atoms with Crippen LogP contribution in [0.25, 0.3) is 0 Å². The Bertz CT molecular complexity index is 1300. The molecule has 0 bridgehead atoms. The van der Waals surface area contributed by atoms with E-state index in [1.807, 2.05) is 0 Å². The molecule has 0 aromatic carbocycles. The molecule has 0 spiro atoms. The van der Waals surface area contributed by atoms with Crippen LogP contribution >= 0.6 is 0 Å². The molecule has 2 rings (SSSR count). The zero-order valence-electron chi connectivity index (χ0n) is 50.2. The molecule has 0 amide bonds. The summed E-state index contributed by atoms with van der Waals surface area (Å²) in [4.78, 5) is 30.9. The van der Waals surface area contributed by atoms with Crippen molar-refractivity contribution >= 4 is 17.9 Å². The number of carboxylic acid groups (broad SMARTS) is 3. The van der Waals surface area contributed by atoms with Crippen LogP contribution in [0.15, 0.2) is 0 Å². The third kappa shape index (κ3) is 45.1. The normalized spacial score (nSPS) is 22.5. The molecule has 11 N–H and O–H groups in total. The van der Waals surface area contributed by atoms with Gasteiger partial charge in [0, 0.05) is 19.3 Å². The molecule has 2 aliphatic rings. The highest BCUT2D eigenvalue weighted by Crippen LogP contribution is 2.36. The van der Waals surface area contributed by atoms with Crippen LogP contribution in [0.2, 0.25) is 0 Å². The first-order valence-electron chi connectivity index (χ1n) is 32.0. The summed E-state index contributed by atoms with van der Waals surface area (Å²) >= 11 is 0. The minimum Gasteiger partial charge on any atom is -0.481 e. The Kier molecular flexibility index (Phi) is 56.5. The van der Waals surface area contributed by atoms with E-state index in [0.29, 0.717) is 19.3 Å². The van der Waals surface area contributed by atoms with Crippen LogP contribution in [0.1, 0.15) is 303 Å². The average Bonchev–Trinajstić information content (AvgIpc) is 3.72. The molecule has 472 valence electrons. The number of hydrogen-bond acceptors (Lipinski definition) is 14. The van der Waals surface area contributed by atoms with Gasteiger partial charge in [-0.25, -0.2) is 0 Å². The average molecular weight is 1140 g/mol. The van der Waals surface area contributed by atoms with Crippen LogP contribution in [0, 0.1) is 0 Å². The van der Waals surface area contributed by atoms with Crippen molar-refractivity contribution in [3.05, 3.63) is 0 Å². The fourth-order valence-electron chi connectivity index (χ4n) is 9.87. The smallest absolute Gasteiger partial charge is 0.303 e. The zero-order chi connectivity index (χ0) is 59.2. The number of ether oxygens (including phenoxy) is 3. The maximum absolute atomic E-state index is 10.3. The van der Waals surface area contributed by atoms with Gasteiger partial charge in [0.1, 0.15) is 49.3 Å². The highest BCUT2D eigenvalue weighted by molar-refractivity contribution is 5.67. The standard InChI is InChI=1S/C18H36O2.2C16H32O2.C12H22O11/c1-2-3-4-5-6-7-8-9-10-11-12-13-14-15-16-17-18(19)20;2*1-2-3-4-5-6-7-8-9-10-11-12-13-14-15-16(17)18;13-1-4-6(16)8(18)9(19)11(21-4)23-12(3-15)10(20)7(17)5(2-14)22-12/h2-17H2,1H3,(H,19,20);2*2-15H2,1H3,(H,17,18);4-11,13-20H,1-3H2/t;;;4-,5-,6-,7-,8+,9-,10+,11-,12+/m...1/s1. The minimum atomic E-state index is -2.22. The van der Waals surface area contributed by atoms with Crippen molar-refractivity contribution < 1.29 is 84.8 Å². The van der Waals surface area contributed by atoms with Gasteiger partial charge in [-0.15, -0.1) is 0 Å². The SMILES string of the molecule is CCCCCCCCCCCCCCCC(=O)O.CCCCCCCCCCCCCCCC(=O)O.CCCCCCCCCCCCCCCCCC(=O)O.OC[C@H]1O[C@@](CO)(O[C@H]2O[C@H](CO)[C@@H](O)[C@H](O)[C@H]2O)[C@@H](O)[C@@H]1O. The molecule has 17 nitrogen and oxygen atoms in total. The van der Waals surface area contributed by atoms with Crippen LogP contribution in [0.5, 0.6) is 0 Å². The molecule has 0 aliphatic carbocycles. The number of unbranched alkanes of at least 4 members (excludes halogenated alkanes) is 38. The summed E-state index contributed by atoms with van der Waals surface area (Å²) < 4.78 is 15.4. The number of aliphatic hydroxyl groups excluding tert-OH is 8. The van der Waals surface area contributed by atoms with Crippen LogP contribution in [0.3, 0.4) is 0 Å². The molecule has 0 aromatic heterocycles. The van der Waals surface area contributed by atoms with Crippen molar-refractivity contribution in [2.24, 2.45) is 0 Å². The predicted molar refractivity (Wildman–Crippen MR) is 312 cm³/mol. The van der Waals surface area contributed by atoms with Crippen molar-refractivity contribution in [2.45, 2.75) is 358 Å². The summed E-state index contributed by atoms with van der Waals surface area (Å²) in [7, 11) is 0. The van der Waals surface area contributed by atoms with Crippen LogP contribution in [-0.4, -0.2) is 149 Å². The van der Waals surface area contributed by atoms with E-state index in [4.69, 9.17) is 39.7 Å². The second-order valence-corrected chi connectivity index (χ2v) is 22.4. The molecule has 0 aromatic rings. The summed E-state index contributed by atoms with van der Waals surface area (Å²) in [5, 5.41) is 102. The molecule has 2 aliphatic heterocycles. The van der Waals surface area contributed by atoms with Gasteiger partial charge in [-0.3, -0.25) is 14.4 Å². The lowest BCUT2D eigenvalue weighted by atomic mass is 9.99. The Morgan fingerprint density at radius 3 is 0.823 bits per heavy atom. The van der Waals surface area contributed by atoms with Gasteiger partial charge in [-0.1, -0.05) is 265 Å². The first kappa shape index (κ1) is 79.0. The Hall–Kier alpha value is -2.03. The maximum atomic E-state index is 10.3. The zero-order valence-corrected chi connectivity index (χ0v) is 50.2. The molecule has 2 saturated heterocycles. The van der Waals surface area contributed by atoms with E-state index in [1.54, 1.807) is 0 Å². The van der Waals surface area contributed by atoms with Crippen molar-refractivity contribution in [2.75, 3.05) is 19.8 Å². The Morgan fingerprint density at radius 2 is 0.608 bits per heavy atom. The number of rotatable bonds is 49. The Labute approximate surface area is 479 Å². The summed E-state index contributed by atoms with van der Waals surface area (Å²) in [5.74, 6) is -4.18. The van der Waals surface area contributed by atoms with Crippen molar-refractivity contribution in [3.63, 3.8) is 0 Å². The van der Waals surface area contributed by atoms with Crippen LogP contribution in [0.4, 0.5) is 0 Å². The summed E-state index contributed by atoms with van der Waals surface area (Å²) in [6, 6.07) is 0. The summed E-state index contributed by atoms with van der Waals surface area (Å²) in [5.41, 5.74) is 0. The number of hydrogen-bond donors (Lipinski definition) is 11. The molecule has 2 fully saturated rings. The van der Waals surface area contributed by atoms with Crippen LogP contribution < -0.4 is 0 Å². The summed E-state index contributed by atoms with van der Waals surface area (Å²) in [6.45, 7) is 4.47. The number of aliphatic carboxylic acids is 3. The van der Waals surface area contributed by atoms with Gasteiger partial charge >= 0.3 is 17.9 Å². The number of carbonyl (C=O) groups is 3. The highest BCUT2D eigenvalue weighted by atomic mass is 16.8. The molecule has 17 heteroatoms. The monoisotopic (exact) mass is 1140 g/mol. The Morgan fingerprint density at radius 1 is 0.354 bits per heavy atom. The molecule has 0 saturated carbocycles. The molecule has 2 heterocycles. The van der Waals surface area contributed by atoms with Gasteiger partial charge in [0.05, 0.1) is 13.2 Å². The third-order valence-electron chi connectivity index (χ3n) is 15.1. The molecule has 0 unspecified atom stereocenters.